The van der Waals surface area contributed by atoms with Gasteiger partial charge in [0.05, 0.1) is 5.60 Å². The van der Waals surface area contributed by atoms with E-state index in [1.165, 1.54) is 0 Å². The largest absolute Gasteiger partial charge is 0.389 e. The van der Waals surface area contributed by atoms with Crippen molar-refractivity contribution in [3.63, 3.8) is 0 Å². The quantitative estimate of drug-likeness (QED) is 0.783. The third kappa shape index (κ3) is 2.21. The minimum Gasteiger partial charge on any atom is -0.389 e. The fourth-order valence-electron chi connectivity index (χ4n) is 1.26. The molecule has 1 aliphatic rings. The first-order chi connectivity index (χ1) is 6.18. The number of aromatic nitrogens is 2. The molecule has 0 saturated heterocycles. The Balaban J connectivity index is 1.85. The van der Waals surface area contributed by atoms with Gasteiger partial charge in [-0.1, -0.05) is 23.1 Å². The SMILES string of the molecule is Cc1nnc(SCC2(O)CCC2)s1. The summed E-state index contributed by atoms with van der Waals surface area (Å²) in [7, 11) is 0. The minimum absolute atomic E-state index is 0.412. The van der Waals surface area contributed by atoms with Crippen molar-refractivity contribution in [2.24, 2.45) is 0 Å². The Morgan fingerprint density at radius 2 is 2.31 bits per heavy atom. The van der Waals surface area contributed by atoms with Crippen molar-refractivity contribution < 1.29 is 5.11 Å². The maximum Gasteiger partial charge on any atom is 0.174 e. The van der Waals surface area contributed by atoms with Crippen LogP contribution in [-0.2, 0) is 0 Å². The van der Waals surface area contributed by atoms with Crippen molar-refractivity contribution in [1.82, 2.24) is 10.2 Å². The molecule has 1 N–H and O–H groups in total. The van der Waals surface area contributed by atoms with Crippen LogP contribution in [0, 0.1) is 6.92 Å². The average Bonchev–Trinajstić information content (AvgIpc) is 2.44. The van der Waals surface area contributed by atoms with E-state index < -0.39 is 5.60 Å². The van der Waals surface area contributed by atoms with Crippen LogP contribution in [0.5, 0.6) is 0 Å². The van der Waals surface area contributed by atoms with Gasteiger partial charge in [0.15, 0.2) is 4.34 Å². The number of aliphatic hydroxyl groups is 1. The third-order valence-corrected chi connectivity index (χ3v) is 4.50. The van der Waals surface area contributed by atoms with E-state index in [1.807, 2.05) is 6.92 Å². The van der Waals surface area contributed by atoms with Crippen LogP contribution in [0.15, 0.2) is 4.34 Å². The zero-order chi connectivity index (χ0) is 9.31. The molecular weight excluding hydrogens is 204 g/mol. The van der Waals surface area contributed by atoms with E-state index in [9.17, 15) is 5.11 Å². The van der Waals surface area contributed by atoms with E-state index in [0.29, 0.717) is 0 Å². The smallest absolute Gasteiger partial charge is 0.174 e. The van der Waals surface area contributed by atoms with Crippen LogP contribution in [0.1, 0.15) is 24.3 Å². The molecule has 0 radical (unpaired) electrons. The van der Waals surface area contributed by atoms with Gasteiger partial charge in [0, 0.05) is 5.75 Å². The van der Waals surface area contributed by atoms with Crippen LogP contribution in [0.25, 0.3) is 0 Å². The molecule has 13 heavy (non-hydrogen) atoms. The molecule has 0 unspecified atom stereocenters. The van der Waals surface area contributed by atoms with Gasteiger partial charge < -0.3 is 5.11 Å². The summed E-state index contributed by atoms with van der Waals surface area (Å²) in [6.45, 7) is 1.94. The summed E-state index contributed by atoms with van der Waals surface area (Å²) in [6.07, 6.45) is 3.04. The average molecular weight is 216 g/mol. The maximum atomic E-state index is 9.81. The lowest BCUT2D eigenvalue weighted by Crippen LogP contribution is -2.39. The van der Waals surface area contributed by atoms with Gasteiger partial charge >= 0.3 is 0 Å². The van der Waals surface area contributed by atoms with Gasteiger partial charge in [-0.05, 0) is 26.2 Å². The van der Waals surface area contributed by atoms with Crippen LogP contribution < -0.4 is 0 Å². The molecule has 1 aromatic heterocycles. The van der Waals surface area contributed by atoms with Crippen LogP contribution in [0.3, 0.4) is 0 Å². The predicted molar refractivity (Wildman–Crippen MR) is 54.2 cm³/mol. The van der Waals surface area contributed by atoms with E-state index >= 15 is 0 Å². The lowest BCUT2D eigenvalue weighted by atomic mass is 9.82. The second-order valence-electron chi connectivity index (χ2n) is 3.45. The molecule has 0 bridgehead atoms. The molecule has 2 rings (SSSR count). The molecule has 72 valence electrons. The molecule has 3 nitrogen and oxygen atoms in total. The number of nitrogens with zero attached hydrogens (tertiary/aromatic N) is 2. The molecule has 0 aliphatic heterocycles. The number of hydrogen-bond acceptors (Lipinski definition) is 5. The van der Waals surface area contributed by atoms with Gasteiger partial charge in [-0.15, -0.1) is 10.2 Å². The first kappa shape index (κ1) is 9.43. The maximum absolute atomic E-state index is 9.81. The van der Waals surface area contributed by atoms with Gasteiger partial charge in [-0.25, -0.2) is 0 Å². The summed E-state index contributed by atoms with van der Waals surface area (Å²) < 4.78 is 0.970. The van der Waals surface area contributed by atoms with Crippen LogP contribution >= 0.6 is 23.1 Å². The first-order valence-corrected chi connectivity index (χ1v) is 6.13. The summed E-state index contributed by atoms with van der Waals surface area (Å²) in [5.74, 6) is 0.766. The fraction of sp³-hybridized carbons (Fsp3) is 0.750. The van der Waals surface area contributed by atoms with Gasteiger partial charge in [0.25, 0.3) is 0 Å². The van der Waals surface area contributed by atoms with Gasteiger partial charge in [-0.3, -0.25) is 0 Å². The highest BCUT2D eigenvalue weighted by Gasteiger charge is 2.34. The Hall–Kier alpha value is -0.130. The topological polar surface area (TPSA) is 46.0 Å². The van der Waals surface area contributed by atoms with E-state index in [4.69, 9.17) is 0 Å². The van der Waals surface area contributed by atoms with Crippen molar-refractivity contribution in [1.29, 1.82) is 0 Å². The Bertz CT molecular complexity index is 296. The molecule has 1 heterocycles. The number of hydrogen-bond donors (Lipinski definition) is 1. The summed E-state index contributed by atoms with van der Waals surface area (Å²) in [6, 6.07) is 0. The lowest BCUT2D eigenvalue weighted by Gasteiger charge is -2.35. The van der Waals surface area contributed by atoms with E-state index in [-0.39, 0.29) is 0 Å². The third-order valence-electron chi connectivity index (χ3n) is 2.26. The number of thioether (sulfide) groups is 1. The molecule has 0 spiro atoms. The molecule has 1 fully saturated rings. The second kappa shape index (κ2) is 3.55. The van der Waals surface area contributed by atoms with Crippen LogP contribution in [-0.4, -0.2) is 26.7 Å². The van der Waals surface area contributed by atoms with Crippen molar-refractivity contribution in [3.05, 3.63) is 5.01 Å². The Morgan fingerprint density at radius 3 is 2.77 bits per heavy atom. The molecule has 5 heteroatoms. The zero-order valence-corrected chi connectivity index (χ0v) is 9.12. The summed E-state index contributed by atoms with van der Waals surface area (Å²) >= 11 is 3.21. The normalized spacial score (nSPS) is 19.8. The highest BCUT2D eigenvalue weighted by atomic mass is 32.2. The fourth-order valence-corrected chi connectivity index (χ4v) is 3.23. The first-order valence-electron chi connectivity index (χ1n) is 4.33. The second-order valence-corrected chi connectivity index (χ2v) is 5.86. The Labute approximate surface area is 85.6 Å². The van der Waals surface area contributed by atoms with E-state index in [2.05, 4.69) is 10.2 Å². The van der Waals surface area contributed by atoms with Crippen molar-refractivity contribution in [3.8, 4) is 0 Å². The zero-order valence-electron chi connectivity index (χ0n) is 7.49. The van der Waals surface area contributed by atoms with Crippen molar-refractivity contribution in [2.45, 2.75) is 36.1 Å². The molecule has 0 aromatic carbocycles. The van der Waals surface area contributed by atoms with Gasteiger partial charge in [0.1, 0.15) is 5.01 Å². The minimum atomic E-state index is -0.412. The highest BCUT2D eigenvalue weighted by molar-refractivity contribution is 8.01. The van der Waals surface area contributed by atoms with Crippen molar-refractivity contribution >= 4 is 23.1 Å². The van der Waals surface area contributed by atoms with Crippen LogP contribution in [0.4, 0.5) is 0 Å². The molecule has 0 atom stereocenters. The number of rotatable bonds is 3. The highest BCUT2D eigenvalue weighted by Crippen LogP contribution is 2.37. The van der Waals surface area contributed by atoms with Gasteiger partial charge in [-0.2, -0.15) is 0 Å². The standard InChI is InChI=1S/C8H12N2OS2/c1-6-9-10-7(13-6)12-5-8(11)3-2-4-8/h11H,2-5H2,1H3. The predicted octanol–water partition coefficient (Wildman–Crippen LogP) is 1.85. The Kier molecular flexibility index (Phi) is 2.58. The number of aryl methyl sites for hydroxylation is 1. The lowest BCUT2D eigenvalue weighted by molar-refractivity contribution is -0.00988. The van der Waals surface area contributed by atoms with Crippen molar-refractivity contribution in [2.75, 3.05) is 5.75 Å². The molecule has 1 saturated carbocycles. The summed E-state index contributed by atoms with van der Waals surface area (Å²) in [4.78, 5) is 0. The molecule has 1 aromatic rings. The van der Waals surface area contributed by atoms with E-state index in [1.54, 1.807) is 23.1 Å². The summed E-state index contributed by atoms with van der Waals surface area (Å²) in [5.41, 5.74) is -0.412. The van der Waals surface area contributed by atoms with E-state index in [0.717, 1.165) is 34.4 Å². The monoisotopic (exact) mass is 216 g/mol. The molecule has 0 amide bonds. The molecule has 1 aliphatic carbocycles. The Morgan fingerprint density at radius 1 is 1.54 bits per heavy atom. The molecular formula is C8H12N2OS2. The van der Waals surface area contributed by atoms with Crippen LogP contribution in [0.2, 0.25) is 0 Å². The summed E-state index contributed by atoms with van der Waals surface area (Å²) in [5, 5.41) is 18.7. The van der Waals surface area contributed by atoms with Gasteiger partial charge in [0.2, 0.25) is 0 Å².